The monoisotopic (exact) mass is 324 g/mol. The molecule has 0 atom stereocenters. The van der Waals surface area contributed by atoms with E-state index in [4.69, 9.17) is 0 Å². The molecule has 0 aliphatic heterocycles. The molecule has 4 nitrogen and oxygen atoms in total. The van der Waals surface area contributed by atoms with Crippen molar-refractivity contribution in [3.63, 3.8) is 0 Å². The minimum atomic E-state index is -3.22. The number of hydrogen-bond donors (Lipinski definition) is 1. The van der Waals surface area contributed by atoms with Gasteiger partial charge in [-0.05, 0) is 35.8 Å². The van der Waals surface area contributed by atoms with E-state index in [1.807, 2.05) is 0 Å². The Balaban J connectivity index is 2.81. The van der Waals surface area contributed by atoms with Crippen LogP contribution in [-0.4, -0.2) is 30.9 Å². The molecule has 0 saturated heterocycles. The van der Waals surface area contributed by atoms with Gasteiger partial charge in [-0.3, -0.25) is 0 Å². The van der Waals surface area contributed by atoms with E-state index in [9.17, 15) is 12.8 Å². The van der Waals surface area contributed by atoms with Crippen molar-refractivity contribution < 1.29 is 12.8 Å². The maximum absolute atomic E-state index is 13.4. The minimum absolute atomic E-state index is 0.0462. The van der Waals surface area contributed by atoms with Gasteiger partial charge in [-0.15, -0.1) is 0 Å². The average Bonchev–Trinajstić information content (AvgIpc) is 2.14. The summed E-state index contributed by atoms with van der Waals surface area (Å²) >= 11 is 3.09. The highest BCUT2D eigenvalue weighted by Crippen LogP contribution is 2.19. The lowest BCUT2D eigenvalue weighted by Gasteiger charge is -2.23. The quantitative estimate of drug-likeness (QED) is 0.922. The SMILES string of the molecule is CC(C)(CNc1ncc(Br)cc1F)S(C)(=O)=O. The van der Waals surface area contributed by atoms with Crippen molar-refractivity contribution in [2.45, 2.75) is 18.6 Å². The fourth-order valence-electron chi connectivity index (χ4n) is 0.972. The van der Waals surface area contributed by atoms with E-state index in [1.165, 1.54) is 12.3 Å². The highest BCUT2D eigenvalue weighted by Gasteiger charge is 2.30. The van der Waals surface area contributed by atoms with Crippen LogP contribution in [0.2, 0.25) is 0 Å². The Hall–Kier alpha value is -0.690. The summed E-state index contributed by atoms with van der Waals surface area (Å²) in [7, 11) is -3.22. The molecule has 17 heavy (non-hydrogen) atoms. The van der Waals surface area contributed by atoms with E-state index in [2.05, 4.69) is 26.2 Å². The topological polar surface area (TPSA) is 59.1 Å². The lowest BCUT2D eigenvalue weighted by Crippen LogP contribution is -2.38. The smallest absolute Gasteiger partial charge is 0.166 e. The third-order valence-electron chi connectivity index (χ3n) is 2.49. The zero-order valence-corrected chi connectivity index (χ0v) is 12.2. The Bertz CT molecular complexity index is 517. The molecule has 0 aliphatic carbocycles. The summed E-state index contributed by atoms with van der Waals surface area (Å²) in [4.78, 5) is 3.84. The molecule has 1 heterocycles. The van der Waals surface area contributed by atoms with Gasteiger partial charge in [-0.1, -0.05) is 0 Å². The molecule has 96 valence electrons. The number of aromatic nitrogens is 1. The van der Waals surface area contributed by atoms with Crippen LogP contribution in [0.15, 0.2) is 16.7 Å². The van der Waals surface area contributed by atoms with Crippen LogP contribution in [0.3, 0.4) is 0 Å². The second kappa shape index (κ2) is 4.89. The Labute approximate surface area is 109 Å². The van der Waals surface area contributed by atoms with Crippen molar-refractivity contribution in [1.29, 1.82) is 0 Å². The van der Waals surface area contributed by atoms with Gasteiger partial charge in [-0.25, -0.2) is 17.8 Å². The molecule has 0 aliphatic rings. The summed E-state index contributed by atoms with van der Waals surface area (Å²) in [6.07, 6.45) is 2.60. The number of halogens is 2. The van der Waals surface area contributed by atoms with E-state index >= 15 is 0 Å². The van der Waals surface area contributed by atoms with Crippen molar-refractivity contribution in [3.8, 4) is 0 Å². The predicted molar refractivity (Wildman–Crippen MR) is 69.3 cm³/mol. The number of sulfone groups is 1. The van der Waals surface area contributed by atoms with Crippen LogP contribution in [0.5, 0.6) is 0 Å². The van der Waals surface area contributed by atoms with Gasteiger partial charge < -0.3 is 5.32 Å². The first kappa shape index (κ1) is 14.4. The molecule has 1 rings (SSSR count). The molecular formula is C10H14BrFN2O2S. The van der Waals surface area contributed by atoms with Crippen LogP contribution >= 0.6 is 15.9 Å². The van der Waals surface area contributed by atoms with Crippen LogP contribution in [0.4, 0.5) is 10.2 Å². The van der Waals surface area contributed by atoms with Gasteiger partial charge >= 0.3 is 0 Å². The van der Waals surface area contributed by atoms with Gasteiger partial charge in [-0.2, -0.15) is 0 Å². The maximum atomic E-state index is 13.4. The van der Waals surface area contributed by atoms with Crippen LogP contribution < -0.4 is 5.32 Å². The molecule has 0 saturated carbocycles. The summed E-state index contributed by atoms with van der Waals surface area (Å²) in [5.74, 6) is -0.478. The fourth-order valence-corrected chi connectivity index (χ4v) is 1.61. The van der Waals surface area contributed by atoms with Crippen LogP contribution in [-0.2, 0) is 9.84 Å². The normalized spacial score (nSPS) is 12.5. The van der Waals surface area contributed by atoms with Gasteiger partial charge in [0.25, 0.3) is 0 Å². The maximum Gasteiger partial charge on any atom is 0.166 e. The summed E-state index contributed by atoms with van der Waals surface area (Å²) < 4.78 is 35.9. The number of nitrogens with zero attached hydrogens (tertiary/aromatic N) is 1. The van der Waals surface area contributed by atoms with E-state index in [-0.39, 0.29) is 12.4 Å². The fraction of sp³-hybridized carbons (Fsp3) is 0.500. The molecule has 1 N–H and O–H groups in total. The predicted octanol–water partition coefficient (Wildman–Crippen LogP) is 2.22. The summed E-state index contributed by atoms with van der Waals surface area (Å²) in [5, 5.41) is 2.70. The van der Waals surface area contributed by atoms with Crippen molar-refractivity contribution in [1.82, 2.24) is 4.98 Å². The summed E-state index contributed by atoms with van der Waals surface area (Å²) in [6, 6.07) is 1.27. The Morgan fingerprint density at radius 2 is 2.12 bits per heavy atom. The average molecular weight is 325 g/mol. The van der Waals surface area contributed by atoms with E-state index in [1.54, 1.807) is 13.8 Å². The second-order valence-electron chi connectivity index (χ2n) is 4.37. The molecule has 0 fully saturated rings. The molecule has 0 radical (unpaired) electrons. The van der Waals surface area contributed by atoms with E-state index < -0.39 is 20.4 Å². The third-order valence-corrected chi connectivity index (χ3v) is 5.08. The number of rotatable bonds is 4. The van der Waals surface area contributed by atoms with Gasteiger partial charge in [0.15, 0.2) is 21.5 Å². The van der Waals surface area contributed by atoms with Gasteiger partial charge in [0.2, 0.25) is 0 Å². The van der Waals surface area contributed by atoms with Crippen LogP contribution in [0.25, 0.3) is 0 Å². The number of nitrogens with one attached hydrogen (secondary N) is 1. The Kier molecular flexibility index (Phi) is 4.14. The van der Waals surface area contributed by atoms with Gasteiger partial charge in [0.05, 0.1) is 4.75 Å². The molecule has 0 spiro atoms. The van der Waals surface area contributed by atoms with Crippen LogP contribution in [0, 0.1) is 5.82 Å². The van der Waals surface area contributed by atoms with Crippen molar-refractivity contribution >= 4 is 31.6 Å². The highest BCUT2D eigenvalue weighted by atomic mass is 79.9. The minimum Gasteiger partial charge on any atom is -0.366 e. The molecule has 0 unspecified atom stereocenters. The van der Waals surface area contributed by atoms with E-state index in [0.29, 0.717) is 4.47 Å². The first-order chi connectivity index (χ1) is 7.63. The molecule has 1 aromatic heterocycles. The lowest BCUT2D eigenvalue weighted by molar-refractivity contribution is 0.558. The van der Waals surface area contributed by atoms with Crippen LogP contribution in [0.1, 0.15) is 13.8 Å². The molecule has 7 heteroatoms. The number of anilines is 1. The zero-order valence-electron chi connectivity index (χ0n) is 9.79. The van der Waals surface area contributed by atoms with Crippen molar-refractivity contribution in [3.05, 3.63) is 22.6 Å². The largest absolute Gasteiger partial charge is 0.366 e. The molecular weight excluding hydrogens is 311 g/mol. The molecule has 0 bridgehead atoms. The molecule has 0 aromatic carbocycles. The number of pyridine rings is 1. The van der Waals surface area contributed by atoms with Gasteiger partial charge in [0, 0.05) is 23.5 Å². The second-order valence-corrected chi connectivity index (χ2v) is 7.93. The summed E-state index contributed by atoms with van der Waals surface area (Å²) in [5.41, 5.74) is 0. The lowest BCUT2D eigenvalue weighted by atomic mass is 10.2. The highest BCUT2D eigenvalue weighted by molar-refractivity contribution is 9.10. The Morgan fingerprint density at radius 1 is 1.53 bits per heavy atom. The zero-order chi connectivity index (χ0) is 13.3. The molecule has 1 aromatic rings. The van der Waals surface area contributed by atoms with Crippen molar-refractivity contribution in [2.75, 3.05) is 18.1 Å². The number of hydrogen-bond acceptors (Lipinski definition) is 4. The first-order valence-corrected chi connectivity index (χ1v) is 7.56. The third kappa shape index (κ3) is 3.64. The summed E-state index contributed by atoms with van der Waals surface area (Å²) in [6.45, 7) is 3.25. The Morgan fingerprint density at radius 3 is 2.59 bits per heavy atom. The standard InChI is InChI=1S/C10H14BrFN2O2S/c1-10(2,17(3,15)16)6-14-9-8(12)4-7(11)5-13-9/h4-5H,6H2,1-3H3,(H,13,14). The molecule has 0 amide bonds. The van der Waals surface area contributed by atoms with E-state index in [0.717, 1.165) is 6.26 Å². The van der Waals surface area contributed by atoms with Crippen molar-refractivity contribution in [2.24, 2.45) is 0 Å². The van der Waals surface area contributed by atoms with Gasteiger partial charge in [0.1, 0.15) is 0 Å². The first-order valence-electron chi connectivity index (χ1n) is 4.88.